The van der Waals surface area contributed by atoms with Gasteiger partial charge in [-0.05, 0) is 30.2 Å². The predicted octanol–water partition coefficient (Wildman–Crippen LogP) is 1.79. The Kier molecular flexibility index (Phi) is 6.99. The molecule has 1 fully saturated rings. The molecule has 26 heavy (non-hydrogen) atoms. The standard InChI is InChI=1S/C18H24ClN3O4/c1-12(2)15(17(24)20-26)11-16(23)21-7-9-22(10-8-21)18(25)13-3-5-14(19)6-4-13/h3-6,12,15,26H,7-11H2,1-2H3,(H,20,24). The lowest BCUT2D eigenvalue weighted by atomic mass is 9.91. The highest BCUT2D eigenvalue weighted by Crippen LogP contribution is 2.18. The van der Waals surface area contributed by atoms with E-state index in [4.69, 9.17) is 16.8 Å². The van der Waals surface area contributed by atoms with E-state index in [1.54, 1.807) is 39.5 Å². The first kappa shape index (κ1) is 20.2. The normalized spacial score (nSPS) is 15.7. The fourth-order valence-electron chi connectivity index (χ4n) is 2.97. The number of hydroxylamine groups is 1. The van der Waals surface area contributed by atoms with Gasteiger partial charge in [0.2, 0.25) is 11.8 Å². The van der Waals surface area contributed by atoms with Crippen LogP contribution in [0.5, 0.6) is 0 Å². The number of carbonyl (C=O) groups excluding carboxylic acids is 3. The van der Waals surface area contributed by atoms with Crippen LogP contribution in [0.4, 0.5) is 0 Å². The van der Waals surface area contributed by atoms with Gasteiger partial charge in [0.1, 0.15) is 0 Å². The number of amides is 3. The molecule has 7 nitrogen and oxygen atoms in total. The van der Waals surface area contributed by atoms with Gasteiger partial charge in [-0.15, -0.1) is 0 Å². The first-order valence-corrected chi connectivity index (χ1v) is 8.97. The van der Waals surface area contributed by atoms with E-state index in [0.717, 1.165) is 0 Å². The van der Waals surface area contributed by atoms with Gasteiger partial charge in [0.05, 0.1) is 5.92 Å². The summed E-state index contributed by atoms with van der Waals surface area (Å²) in [6, 6.07) is 6.71. The molecule has 1 unspecified atom stereocenters. The number of rotatable bonds is 5. The van der Waals surface area contributed by atoms with Crippen LogP contribution in [0, 0.1) is 11.8 Å². The van der Waals surface area contributed by atoms with E-state index < -0.39 is 11.8 Å². The minimum atomic E-state index is -0.582. The van der Waals surface area contributed by atoms with Crippen molar-refractivity contribution in [2.24, 2.45) is 11.8 Å². The molecule has 1 aliphatic rings. The van der Waals surface area contributed by atoms with Crippen LogP contribution in [-0.2, 0) is 9.59 Å². The van der Waals surface area contributed by atoms with Crippen molar-refractivity contribution in [3.63, 3.8) is 0 Å². The van der Waals surface area contributed by atoms with Gasteiger partial charge < -0.3 is 9.80 Å². The van der Waals surface area contributed by atoms with E-state index in [2.05, 4.69) is 0 Å². The Morgan fingerprint density at radius 3 is 2.12 bits per heavy atom. The topological polar surface area (TPSA) is 90.0 Å². The molecule has 1 aromatic carbocycles. The number of halogens is 1. The first-order valence-electron chi connectivity index (χ1n) is 8.60. The molecule has 8 heteroatoms. The molecule has 0 aliphatic carbocycles. The Bertz CT molecular complexity index is 655. The van der Waals surface area contributed by atoms with Gasteiger partial charge in [-0.2, -0.15) is 0 Å². The van der Waals surface area contributed by atoms with Crippen LogP contribution in [0.3, 0.4) is 0 Å². The third-order valence-corrected chi connectivity index (χ3v) is 4.91. The summed E-state index contributed by atoms with van der Waals surface area (Å²) in [4.78, 5) is 40.0. The molecule has 0 saturated carbocycles. The summed E-state index contributed by atoms with van der Waals surface area (Å²) in [5.41, 5.74) is 2.19. The Labute approximate surface area is 157 Å². The van der Waals surface area contributed by atoms with Gasteiger partial charge in [-0.3, -0.25) is 19.6 Å². The highest BCUT2D eigenvalue weighted by Gasteiger charge is 2.30. The summed E-state index contributed by atoms with van der Waals surface area (Å²) in [5.74, 6) is -1.44. The summed E-state index contributed by atoms with van der Waals surface area (Å²) in [6.07, 6.45) is 0.0369. The number of hydrogen-bond acceptors (Lipinski definition) is 4. The minimum Gasteiger partial charge on any atom is -0.339 e. The molecule has 1 heterocycles. The molecule has 0 spiro atoms. The van der Waals surface area contributed by atoms with E-state index in [9.17, 15) is 14.4 Å². The van der Waals surface area contributed by atoms with E-state index >= 15 is 0 Å². The van der Waals surface area contributed by atoms with Gasteiger partial charge in [0.15, 0.2) is 0 Å². The summed E-state index contributed by atoms with van der Waals surface area (Å²) < 4.78 is 0. The summed E-state index contributed by atoms with van der Waals surface area (Å²) in [7, 11) is 0. The van der Waals surface area contributed by atoms with Crippen molar-refractivity contribution in [1.29, 1.82) is 0 Å². The molecule has 2 rings (SSSR count). The minimum absolute atomic E-state index is 0.0369. The van der Waals surface area contributed by atoms with Gasteiger partial charge in [-0.25, -0.2) is 5.48 Å². The number of benzene rings is 1. The SMILES string of the molecule is CC(C)C(CC(=O)N1CCN(C(=O)c2ccc(Cl)cc2)CC1)C(=O)NO. The molecule has 142 valence electrons. The zero-order chi connectivity index (χ0) is 19.3. The lowest BCUT2D eigenvalue weighted by Crippen LogP contribution is -2.51. The molecule has 3 amide bonds. The van der Waals surface area contributed by atoms with Crippen molar-refractivity contribution in [2.45, 2.75) is 20.3 Å². The van der Waals surface area contributed by atoms with Gasteiger partial charge in [0, 0.05) is 43.2 Å². The zero-order valence-corrected chi connectivity index (χ0v) is 15.7. The van der Waals surface area contributed by atoms with Crippen LogP contribution in [0.15, 0.2) is 24.3 Å². The van der Waals surface area contributed by atoms with Gasteiger partial charge in [-0.1, -0.05) is 25.4 Å². The fraction of sp³-hybridized carbons (Fsp3) is 0.500. The van der Waals surface area contributed by atoms with Crippen LogP contribution in [0.25, 0.3) is 0 Å². The molecule has 0 bridgehead atoms. The lowest BCUT2D eigenvalue weighted by molar-refractivity contribution is -0.142. The second kappa shape index (κ2) is 9.00. The Morgan fingerprint density at radius 1 is 1.08 bits per heavy atom. The average molecular weight is 382 g/mol. The Morgan fingerprint density at radius 2 is 1.62 bits per heavy atom. The maximum atomic E-state index is 12.5. The van der Waals surface area contributed by atoms with E-state index in [1.807, 2.05) is 13.8 Å². The van der Waals surface area contributed by atoms with Crippen LogP contribution in [0.2, 0.25) is 5.02 Å². The van der Waals surface area contributed by atoms with Crippen molar-refractivity contribution >= 4 is 29.3 Å². The lowest BCUT2D eigenvalue weighted by Gasteiger charge is -2.35. The number of nitrogens with one attached hydrogen (secondary N) is 1. The smallest absolute Gasteiger partial charge is 0.253 e. The molecule has 1 atom stereocenters. The molecule has 1 saturated heterocycles. The number of piperazine rings is 1. The van der Waals surface area contributed by atoms with Crippen molar-refractivity contribution < 1.29 is 19.6 Å². The van der Waals surface area contributed by atoms with Crippen LogP contribution in [0.1, 0.15) is 30.6 Å². The molecule has 0 radical (unpaired) electrons. The van der Waals surface area contributed by atoms with Crippen LogP contribution in [-0.4, -0.2) is 58.9 Å². The van der Waals surface area contributed by atoms with Gasteiger partial charge in [0.25, 0.3) is 5.91 Å². The number of carbonyl (C=O) groups is 3. The van der Waals surface area contributed by atoms with Crippen LogP contribution < -0.4 is 5.48 Å². The molecule has 0 aromatic heterocycles. The Hall–Kier alpha value is -2.12. The van der Waals surface area contributed by atoms with Crippen molar-refractivity contribution in [2.75, 3.05) is 26.2 Å². The summed E-state index contributed by atoms with van der Waals surface area (Å²) in [6.45, 7) is 5.37. The maximum absolute atomic E-state index is 12.5. The maximum Gasteiger partial charge on any atom is 0.253 e. The largest absolute Gasteiger partial charge is 0.339 e. The van der Waals surface area contributed by atoms with E-state index in [1.165, 1.54) is 0 Å². The summed E-state index contributed by atoms with van der Waals surface area (Å²) in [5, 5.41) is 9.39. The second-order valence-corrected chi connectivity index (χ2v) is 7.15. The second-order valence-electron chi connectivity index (χ2n) is 6.71. The molecule has 2 N–H and O–H groups in total. The zero-order valence-electron chi connectivity index (χ0n) is 14.9. The fourth-order valence-corrected chi connectivity index (χ4v) is 3.09. The molecule has 1 aromatic rings. The third-order valence-electron chi connectivity index (χ3n) is 4.66. The molecular weight excluding hydrogens is 358 g/mol. The van der Waals surface area contributed by atoms with E-state index in [0.29, 0.717) is 36.8 Å². The number of nitrogens with zero attached hydrogens (tertiary/aromatic N) is 2. The quantitative estimate of drug-likeness (QED) is 0.601. The van der Waals surface area contributed by atoms with Crippen LogP contribution >= 0.6 is 11.6 Å². The Balaban J connectivity index is 1.90. The highest BCUT2D eigenvalue weighted by atomic mass is 35.5. The average Bonchev–Trinajstić information content (AvgIpc) is 2.65. The van der Waals surface area contributed by atoms with Crippen molar-refractivity contribution in [3.8, 4) is 0 Å². The molecular formula is C18H24ClN3O4. The molecule has 1 aliphatic heterocycles. The van der Waals surface area contributed by atoms with E-state index in [-0.39, 0.29) is 24.2 Å². The highest BCUT2D eigenvalue weighted by molar-refractivity contribution is 6.30. The summed E-state index contributed by atoms with van der Waals surface area (Å²) >= 11 is 5.84. The third kappa shape index (κ3) is 4.95. The predicted molar refractivity (Wildman–Crippen MR) is 96.8 cm³/mol. The van der Waals surface area contributed by atoms with Crippen molar-refractivity contribution in [1.82, 2.24) is 15.3 Å². The van der Waals surface area contributed by atoms with Crippen molar-refractivity contribution in [3.05, 3.63) is 34.9 Å². The first-order chi connectivity index (χ1) is 12.3. The number of hydrogen-bond donors (Lipinski definition) is 2. The monoisotopic (exact) mass is 381 g/mol. The van der Waals surface area contributed by atoms with Gasteiger partial charge >= 0.3 is 0 Å².